The van der Waals surface area contributed by atoms with Crippen molar-refractivity contribution < 1.29 is 0 Å². The van der Waals surface area contributed by atoms with Crippen LogP contribution in [-0.4, -0.2) is 16.5 Å². The number of hydrogen-bond acceptors (Lipinski definition) is 5. The minimum Gasteiger partial charge on any atom is -0.383 e. The average molecular weight is 304 g/mol. The highest BCUT2D eigenvalue weighted by molar-refractivity contribution is 7.10. The van der Waals surface area contributed by atoms with Crippen molar-refractivity contribution in [2.24, 2.45) is 0 Å². The van der Waals surface area contributed by atoms with E-state index in [0.717, 1.165) is 23.8 Å². The van der Waals surface area contributed by atoms with Gasteiger partial charge in [-0.1, -0.05) is 33.8 Å². The van der Waals surface area contributed by atoms with Crippen LogP contribution in [0.2, 0.25) is 0 Å². The van der Waals surface area contributed by atoms with Gasteiger partial charge in [-0.25, -0.2) is 9.97 Å². The van der Waals surface area contributed by atoms with Gasteiger partial charge >= 0.3 is 0 Å². The van der Waals surface area contributed by atoms with Gasteiger partial charge in [-0.3, -0.25) is 0 Å². The molecule has 114 valence electrons. The molecule has 0 fully saturated rings. The number of aromatic nitrogens is 2. The molecular formula is C16H24N4S. The number of hydrogen-bond donors (Lipinski definition) is 2. The molecule has 2 rings (SSSR count). The van der Waals surface area contributed by atoms with Crippen molar-refractivity contribution in [3.05, 3.63) is 33.8 Å². The number of rotatable bonds is 5. The van der Waals surface area contributed by atoms with Crippen molar-refractivity contribution in [1.82, 2.24) is 9.97 Å². The first-order valence-corrected chi connectivity index (χ1v) is 8.11. The summed E-state index contributed by atoms with van der Waals surface area (Å²) < 4.78 is 0. The van der Waals surface area contributed by atoms with Crippen molar-refractivity contribution in [2.45, 2.75) is 46.0 Å². The molecule has 0 radical (unpaired) electrons. The predicted molar refractivity (Wildman–Crippen MR) is 91.1 cm³/mol. The van der Waals surface area contributed by atoms with Gasteiger partial charge in [0.1, 0.15) is 17.5 Å². The molecule has 2 heterocycles. The fourth-order valence-electron chi connectivity index (χ4n) is 2.04. The van der Waals surface area contributed by atoms with Crippen LogP contribution in [0.4, 0.5) is 11.6 Å². The minimum absolute atomic E-state index is 0.0539. The lowest BCUT2D eigenvalue weighted by atomic mass is 9.91. The van der Waals surface area contributed by atoms with Gasteiger partial charge in [0.15, 0.2) is 0 Å². The third kappa shape index (κ3) is 3.53. The van der Waals surface area contributed by atoms with Gasteiger partial charge in [0.05, 0.1) is 0 Å². The highest BCUT2D eigenvalue weighted by Crippen LogP contribution is 2.29. The summed E-state index contributed by atoms with van der Waals surface area (Å²) in [6.07, 6.45) is 0. The lowest BCUT2D eigenvalue weighted by Crippen LogP contribution is -2.27. The van der Waals surface area contributed by atoms with Gasteiger partial charge in [-0.05, 0) is 18.4 Å². The third-order valence-electron chi connectivity index (χ3n) is 3.60. The maximum atomic E-state index is 6.00. The smallest absolute Gasteiger partial charge is 0.135 e. The molecule has 0 aliphatic carbocycles. The van der Waals surface area contributed by atoms with Crippen molar-refractivity contribution in [3.63, 3.8) is 0 Å². The zero-order valence-electron chi connectivity index (χ0n) is 13.4. The number of nitrogens with one attached hydrogen (secondary N) is 1. The van der Waals surface area contributed by atoms with E-state index < -0.39 is 0 Å². The SMILES string of the molecule is Cc1c(N)nc(C(C)C)nc1NCC(C)(C)c1cccs1. The van der Waals surface area contributed by atoms with Crippen LogP contribution in [0.1, 0.15) is 49.9 Å². The highest BCUT2D eigenvalue weighted by atomic mass is 32.1. The van der Waals surface area contributed by atoms with Crippen LogP contribution < -0.4 is 11.1 Å². The first-order valence-electron chi connectivity index (χ1n) is 7.23. The summed E-state index contributed by atoms with van der Waals surface area (Å²) in [4.78, 5) is 10.3. The van der Waals surface area contributed by atoms with E-state index in [0.29, 0.717) is 5.82 Å². The van der Waals surface area contributed by atoms with E-state index in [2.05, 4.69) is 60.5 Å². The van der Waals surface area contributed by atoms with Crippen molar-refractivity contribution in [3.8, 4) is 0 Å². The normalized spacial score (nSPS) is 11.9. The Morgan fingerprint density at radius 2 is 2.05 bits per heavy atom. The van der Waals surface area contributed by atoms with E-state index in [1.165, 1.54) is 4.88 Å². The molecular weight excluding hydrogens is 280 g/mol. The Morgan fingerprint density at radius 1 is 1.33 bits per heavy atom. The number of anilines is 2. The Labute approximate surface area is 130 Å². The molecule has 0 aromatic carbocycles. The highest BCUT2D eigenvalue weighted by Gasteiger charge is 2.22. The summed E-state index contributed by atoms with van der Waals surface area (Å²) in [5.41, 5.74) is 6.98. The quantitative estimate of drug-likeness (QED) is 0.878. The zero-order valence-corrected chi connectivity index (χ0v) is 14.2. The van der Waals surface area contributed by atoms with Crippen molar-refractivity contribution >= 4 is 23.0 Å². The monoisotopic (exact) mass is 304 g/mol. The molecule has 0 bridgehead atoms. The summed E-state index contributed by atoms with van der Waals surface area (Å²) >= 11 is 1.78. The minimum atomic E-state index is 0.0539. The molecule has 0 aliphatic heterocycles. The molecule has 2 aromatic rings. The molecule has 0 saturated carbocycles. The number of thiophene rings is 1. The first kappa shape index (κ1) is 15.8. The molecule has 0 saturated heterocycles. The van der Waals surface area contributed by atoms with Gasteiger partial charge < -0.3 is 11.1 Å². The largest absolute Gasteiger partial charge is 0.383 e. The molecule has 0 aliphatic rings. The van der Waals surface area contributed by atoms with E-state index in [-0.39, 0.29) is 11.3 Å². The molecule has 0 atom stereocenters. The van der Waals surface area contributed by atoms with Gasteiger partial charge in [0, 0.05) is 28.3 Å². The van der Waals surface area contributed by atoms with Gasteiger partial charge in [-0.15, -0.1) is 11.3 Å². The van der Waals surface area contributed by atoms with Gasteiger partial charge in [-0.2, -0.15) is 0 Å². The topological polar surface area (TPSA) is 63.8 Å². The number of nitrogens with zero attached hydrogens (tertiary/aromatic N) is 2. The van der Waals surface area contributed by atoms with Gasteiger partial charge in [0.25, 0.3) is 0 Å². The van der Waals surface area contributed by atoms with Crippen LogP contribution in [0.5, 0.6) is 0 Å². The molecule has 5 heteroatoms. The number of nitrogen functional groups attached to an aromatic ring is 1. The van der Waals surface area contributed by atoms with Crippen molar-refractivity contribution in [2.75, 3.05) is 17.6 Å². The van der Waals surface area contributed by atoms with E-state index >= 15 is 0 Å². The Kier molecular flexibility index (Phi) is 4.52. The summed E-state index contributed by atoms with van der Waals surface area (Å²) in [6, 6.07) is 4.26. The standard InChI is InChI=1S/C16H24N4S/c1-10(2)14-19-13(17)11(3)15(20-14)18-9-16(4,5)12-7-6-8-21-12/h6-8,10H,9H2,1-5H3,(H3,17,18,19,20). The summed E-state index contributed by atoms with van der Waals surface area (Å²) in [5.74, 6) is 2.45. The van der Waals surface area contributed by atoms with Crippen LogP contribution in [0, 0.1) is 6.92 Å². The second-order valence-corrected chi connectivity index (χ2v) is 7.26. The van der Waals surface area contributed by atoms with E-state index in [9.17, 15) is 0 Å². The molecule has 2 aromatic heterocycles. The fourth-order valence-corrected chi connectivity index (χ4v) is 2.89. The van der Waals surface area contributed by atoms with Crippen LogP contribution in [0.25, 0.3) is 0 Å². The average Bonchev–Trinajstić information content (AvgIpc) is 2.95. The van der Waals surface area contributed by atoms with Crippen LogP contribution >= 0.6 is 11.3 Å². The lowest BCUT2D eigenvalue weighted by Gasteiger charge is -2.25. The third-order valence-corrected chi connectivity index (χ3v) is 4.84. The maximum absolute atomic E-state index is 6.00. The van der Waals surface area contributed by atoms with E-state index in [1.807, 2.05) is 6.92 Å². The van der Waals surface area contributed by atoms with Crippen LogP contribution in [-0.2, 0) is 5.41 Å². The van der Waals surface area contributed by atoms with E-state index in [1.54, 1.807) is 11.3 Å². The molecule has 3 N–H and O–H groups in total. The first-order chi connectivity index (χ1) is 9.81. The fraction of sp³-hybridized carbons (Fsp3) is 0.500. The molecule has 0 amide bonds. The Bertz CT molecular complexity index is 603. The second-order valence-electron chi connectivity index (χ2n) is 6.31. The Hall–Kier alpha value is -1.62. The molecule has 21 heavy (non-hydrogen) atoms. The van der Waals surface area contributed by atoms with Gasteiger partial charge in [0.2, 0.25) is 0 Å². The Morgan fingerprint density at radius 3 is 2.62 bits per heavy atom. The van der Waals surface area contributed by atoms with E-state index in [4.69, 9.17) is 5.73 Å². The zero-order chi connectivity index (χ0) is 15.6. The second kappa shape index (κ2) is 6.02. The Balaban J connectivity index is 2.20. The summed E-state index contributed by atoms with van der Waals surface area (Å²) in [6.45, 7) is 11.4. The van der Waals surface area contributed by atoms with Crippen molar-refractivity contribution in [1.29, 1.82) is 0 Å². The molecule has 4 nitrogen and oxygen atoms in total. The summed E-state index contributed by atoms with van der Waals surface area (Å²) in [5, 5.41) is 5.57. The summed E-state index contributed by atoms with van der Waals surface area (Å²) in [7, 11) is 0. The van der Waals surface area contributed by atoms with Crippen LogP contribution in [0.15, 0.2) is 17.5 Å². The maximum Gasteiger partial charge on any atom is 0.135 e. The number of nitrogens with two attached hydrogens (primary N) is 1. The molecule has 0 spiro atoms. The molecule has 0 unspecified atom stereocenters. The lowest BCUT2D eigenvalue weighted by molar-refractivity contribution is 0.567. The predicted octanol–water partition coefficient (Wildman–Crippen LogP) is 3.94. The van der Waals surface area contributed by atoms with Crippen LogP contribution in [0.3, 0.4) is 0 Å².